The second kappa shape index (κ2) is 6.27. The van der Waals surface area contributed by atoms with E-state index in [1.165, 1.54) is 10.8 Å². The van der Waals surface area contributed by atoms with E-state index >= 15 is 0 Å². The highest BCUT2D eigenvalue weighted by Gasteiger charge is 2.33. The summed E-state index contributed by atoms with van der Waals surface area (Å²) < 4.78 is 6.04. The van der Waals surface area contributed by atoms with Crippen LogP contribution in [0.1, 0.15) is 20.3 Å². The molecule has 3 heteroatoms. The summed E-state index contributed by atoms with van der Waals surface area (Å²) in [5.41, 5.74) is 6.39. The molecule has 22 heavy (non-hydrogen) atoms. The molecule has 0 aromatic heterocycles. The highest BCUT2D eigenvalue weighted by atomic mass is 16.5. The highest BCUT2D eigenvalue weighted by Crippen LogP contribution is 2.28. The highest BCUT2D eigenvalue weighted by molar-refractivity contribution is 5.88. The summed E-state index contributed by atoms with van der Waals surface area (Å²) in [5.74, 6) is 0.978. The number of ether oxygens (including phenoxy) is 1. The topological polar surface area (TPSA) is 38.5 Å². The monoisotopic (exact) mass is 298 g/mol. The van der Waals surface area contributed by atoms with Crippen molar-refractivity contribution >= 4 is 10.8 Å². The van der Waals surface area contributed by atoms with Gasteiger partial charge in [0.2, 0.25) is 0 Å². The van der Waals surface area contributed by atoms with Gasteiger partial charge in [-0.05, 0) is 29.8 Å². The number of likely N-dealkylation sites (tertiary alicyclic amines) is 1. The van der Waals surface area contributed by atoms with Crippen molar-refractivity contribution in [3.8, 4) is 5.75 Å². The van der Waals surface area contributed by atoms with Gasteiger partial charge in [0.15, 0.2) is 0 Å². The first-order chi connectivity index (χ1) is 10.6. The molecule has 1 aliphatic rings. The molecular formula is C19H26N2O. The Hall–Kier alpha value is -1.58. The lowest BCUT2D eigenvalue weighted by molar-refractivity contribution is 0.0833. The molecule has 1 heterocycles. The van der Waals surface area contributed by atoms with E-state index in [1.807, 2.05) is 0 Å². The SMILES string of the molecule is CC1(C)CN(CCOc2cccc3ccccc23)CCC1N. The molecule has 0 spiro atoms. The van der Waals surface area contributed by atoms with E-state index in [0.29, 0.717) is 6.04 Å². The van der Waals surface area contributed by atoms with Crippen molar-refractivity contribution < 1.29 is 4.74 Å². The Bertz CT molecular complexity index is 633. The molecule has 2 aromatic rings. The van der Waals surface area contributed by atoms with Gasteiger partial charge in [-0.1, -0.05) is 50.2 Å². The minimum atomic E-state index is 0.192. The molecule has 118 valence electrons. The molecule has 2 aromatic carbocycles. The minimum Gasteiger partial charge on any atom is -0.492 e. The summed E-state index contributed by atoms with van der Waals surface area (Å²) in [5, 5.41) is 2.41. The van der Waals surface area contributed by atoms with Crippen LogP contribution in [-0.2, 0) is 0 Å². The molecule has 0 bridgehead atoms. The molecule has 0 amide bonds. The predicted molar refractivity (Wildman–Crippen MR) is 92.3 cm³/mol. The van der Waals surface area contributed by atoms with Crippen LogP contribution in [0.2, 0.25) is 0 Å². The van der Waals surface area contributed by atoms with E-state index < -0.39 is 0 Å². The lowest BCUT2D eigenvalue weighted by Crippen LogP contribution is -2.53. The van der Waals surface area contributed by atoms with Gasteiger partial charge < -0.3 is 10.5 Å². The Morgan fingerprint density at radius 1 is 1.18 bits per heavy atom. The van der Waals surface area contributed by atoms with Gasteiger partial charge in [-0.2, -0.15) is 0 Å². The number of piperidine rings is 1. The van der Waals surface area contributed by atoms with Gasteiger partial charge in [0.05, 0.1) is 0 Å². The maximum atomic E-state index is 6.20. The lowest BCUT2D eigenvalue weighted by atomic mass is 9.80. The van der Waals surface area contributed by atoms with Crippen LogP contribution in [0.3, 0.4) is 0 Å². The van der Waals surface area contributed by atoms with Gasteiger partial charge in [0.25, 0.3) is 0 Å². The fraction of sp³-hybridized carbons (Fsp3) is 0.474. The average molecular weight is 298 g/mol. The molecule has 0 saturated carbocycles. The zero-order chi connectivity index (χ0) is 15.6. The van der Waals surface area contributed by atoms with Crippen LogP contribution in [0.15, 0.2) is 42.5 Å². The third-order valence-electron chi connectivity index (χ3n) is 4.81. The number of rotatable bonds is 4. The number of hydrogen-bond acceptors (Lipinski definition) is 3. The molecule has 1 aliphatic heterocycles. The number of fused-ring (bicyclic) bond motifs is 1. The average Bonchev–Trinajstić information content (AvgIpc) is 2.51. The standard InChI is InChI=1S/C19H26N2O/c1-19(2)14-21(11-10-18(19)20)12-13-22-17-9-5-7-15-6-3-4-8-16(15)17/h3-9,18H,10-14,20H2,1-2H3. The number of benzene rings is 2. The molecule has 1 unspecified atom stereocenters. The number of hydrogen-bond donors (Lipinski definition) is 1. The van der Waals surface area contributed by atoms with Crippen molar-refractivity contribution in [2.75, 3.05) is 26.2 Å². The molecule has 0 radical (unpaired) electrons. The third-order valence-corrected chi connectivity index (χ3v) is 4.81. The molecule has 2 N–H and O–H groups in total. The number of nitrogens with two attached hydrogens (primary N) is 1. The first kappa shape index (κ1) is 15.3. The van der Waals surface area contributed by atoms with Gasteiger partial charge in [0, 0.05) is 24.5 Å². The normalized spacial score (nSPS) is 21.9. The van der Waals surface area contributed by atoms with Crippen LogP contribution in [0.5, 0.6) is 5.75 Å². The van der Waals surface area contributed by atoms with Crippen LogP contribution >= 0.6 is 0 Å². The summed E-state index contributed by atoms with van der Waals surface area (Å²) in [7, 11) is 0. The summed E-state index contributed by atoms with van der Waals surface area (Å²) in [6, 6.07) is 14.9. The molecule has 3 rings (SSSR count). The van der Waals surface area contributed by atoms with Crippen LogP contribution in [0, 0.1) is 5.41 Å². The molecular weight excluding hydrogens is 272 g/mol. The summed E-state index contributed by atoms with van der Waals surface area (Å²) in [4.78, 5) is 2.47. The Labute approximate surface area is 133 Å². The van der Waals surface area contributed by atoms with Gasteiger partial charge in [-0.25, -0.2) is 0 Å². The van der Waals surface area contributed by atoms with Gasteiger partial charge >= 0.3 is 0 Å². The summed E-state index contributed by atoms with van der Waals surface area (Å²) >= 11 is 0. The van der Waals surface area contributed by atoms with Crippen molar-refractivity contribution in [3.63, 3.8) is 0 Å². The largest absolute Gasteiger partial charge is 0.492 e. The van der Waals surface area contributed by atoms with Gasteiger partial charge in [0.1, 0.15) is 12.4 Å². The zero-order valence-electron chi connectivity index (χ0n) is 13.6. The molecule has 1 saturated heterocycles. The molecule has 1 fully saturated rings. The fourth-order valence-corrected chi connectivity index (χ4v) is 3.28. The minimum absolute atomic E-state index is 0.192. The number of nitrogens with zero attached hydrogens (tertiary/aromatic N) is 1. The van der Waals surface area contributed by atoms with Crippen molar-refractivity contribution in [2.24, 2.45) is 11.1 Å². The van der Waals surface area contributed by atoms with E-state index in [9.17, 15) is 0 Å². The van der Waals surface area contributed by atoms with E-state index in [-0.39, 0.29) is 5.41 Å². The second-order valence-corrected chi connectivity index (χ2v) is 6.99. The van der Waals surface area contributed by atoms with Crippen molar-refractivity contribution in [1.82, 2.24) is 4.90 Å². The van der Waals surface area contributed by atoms with Crippen molar-refractivity contribution in [3.05, 3.63) is 42.5 Å². The zero-order valence-corrected chi connectivity index (χ0v) is 13.6. The summed E-state index contributed by atoms with van der Waals surface area (Å²) in [6.07, 6.45) is 1.07. The Balaban J connectivity index is 1.59. The van der Waals surface area contributed by atoms with E-state index in [4.69, 9.17) is 10.5 Å². The fourth-order valence-electron chi connectivity index (χ4n) is 3.28. The van der Waals surface area contributed by atoms with Crippen LogP contribution < -0.4 is 10.5 Å². The van der Waals surface area contributed by atoms with Gasteiger partial charge in [-0.15, -0.1) is 0 Å². The quantitative estimate of drug-likeness (QED) is 0.941. The maximum absolute atomic E-state index is 6.20. The third kappa shape index (κ3) is 3.26. The van der Waals surface area contributed by atoms with E-state index in [2.05, 4.69) is 61.2 Å². The summed E-state index contributed by atoms with van der Waals surface area (Å²) in [6.45, 7) is 8.32. The van der Waals surface area contributed by atoms with Crippen LogP contribution in [0.25, 0.3) is 10.8 Å². The molecule has 1 atom stereocenters. The lowest BCUT2D eigenvalue weighted by Gasteiger charge is -2.42. The first-order valence-electron chi connectivity index (χ1n) is 8.15. The molecule has 3 nitrogen and oxygen atoms in total. The Morgan fingerprint density at radius 2 is 1.95 bits per heavy atom. The van der Waals surface area contributed by atoms with Crippen LogP contribution in [0.4, 0.5) is 0 Å². The van der Waals surface area contributed by atoms with Crippen molar-refractivity contribution in [1.29, 1.82) is 0 Å². The predicted octanol–water partition coefficient (Wildman–Crippen LogP) is 3.28. The Kier molecular flexibility index (Phi) is 4.37. The smallest absolute Gasteiger partial charge is 0.127 e. The molecule has 0 aliphatic carbocycles. The van der Waals surface area contributed by atoms with Gasteiger partial charge in [-0.3, -0.25) is 4.90 Å². The van der Waals surface area contributed by atoms with E-state index in [1.54, 1.807) is 0 Å². The first-order valence-corrected chi connectivity index (χ1v) is 8.15. The Morgan fingerprint density at radius 3 is 2.77 bits per heavy atom. The second-order valence-electron chi connectivity index (χ2n) is 6.99. The maximum Gasteiger partial charge on any atom is 0.127 e. The van der Waals surface area contributed by atoms with Crippen molar-refractivity contribution in [2.45, 2.75) is 26.3 Å². The van der Waals surface area contributed by atoms with E-state index in [0.717, 1.165) is 38.4 Å². The van der Waals surface area contributed by atoms with Crippen LogP contribution in [-0.4, -0.2) is 37.2 Å².